The van der Waals surface area contributed by atoms with Gasteiger partial charge in [0.1, 0.15) is 5.52 Å². The molecule has 0 fully saturated rings. The maximum absolute atomic E-state index is 12.4. The number of carbonyl (C=O) groups excluding carboxylic acids is 1. The number of rotatable bonds is 1. The van der Waals surface area contributed by atoms with Crippen LogP contribution in [-0.4, -0.2) is 20.9 Å². The van der Waals surface area contributed by atoms with Gasteiger partial charge in [0.2, 0.25) is 0 Å². The fraction of sp³-hybridized carbons (Fsp3) is 0. The summed E-state index contributed by atoms with van der Waals surface area (Å²) in [5, 5.41) is 7.84. The molecule has 0 amide bonds. The summed E-state index contributed by atoms with van der Waals surface area (Å²) < 4.78 is 2.08. The van der Waals surface area contributed by atoms with Crippen LogP contribution in [0, 0.1) is 0 Å². The molecule has 0 atom stereocenters. The highest BCUT2D eigenvalue weighted by Gasteiger charge is 2.16. The molecule has 1 heterocycles. The summed E-state index contributed by atoms with van der Waals surface area (Å²) in [6, 6.07) is 12.4. The lowest BCUT2D eigenvalue weighted by molar-refractivity contribution is 0.0949. The van der Waals surface area contributed by atoms with Crippen molar-refractivity contribution in [2.45, 2.75) is 0 Å². The van der Waals surface area contributed by atoms with Crippen LogP contribution in [0.2, 0.25) is 0 Å². The largest absolute Gasteiger partial charge is 0.398 e. The summed E-state index contributed by atoms with van der Waals surface area (Å²) in [6.45, 7) is 0. The van der Waals surface area contributed by atoms with Gasteiger partial charge in [0.25, 0.3) is 5.91 Å². The van der Waals surface area contributed by atoms with E-state index in [1.807, 2.05) is 12.1 Å². The SMILES string of the molecule is Nc1cc(Br)ccc1C(=O)n1nnc2ccccc21. The van der Waals surface area contributed by atoms with Crippen molar-refractivity contribution in [3.05, 3.63) is 52.5 Å². The van der Waals surface area contributed by atoms with Gasteiger partial charge in [-0.3, -0.25) is 4.79 Å². The van der Waals surface area contributed by atoms with Crippen LogP contribution >= 0.6 is 15.9 Å². The number of nitrogens with two attached hydrogens (primary N) is 1. The summed E-state index contributed by atoms with van der Waals surface area (Å²) in [5.74, 6) is -0.293. The lowest BCUT2D eigenvalue weighted by Crippen LogP contribution is -2.15. The molecule has 2 N–H and O–H groups in total. The molecule has 3 aromatic rings. The Morgan fingerprint density at radius 2 is 2.00 bits per heavy atom. The van der Waals surface area contributed by atoms with Crippen LogP contribution < -0.4 is 5.73 Å². The van der Waals surface area contributed by atoms with Gasteiger partial charge in [0.05, 0.1) is 11.1 Å². The lowest BCUT2D eigenvalue weighted by atomic mass is 10.1. The van der Waals surface area contributed by atoms with Crippen molar-refractivity contribution in [1.82, 2.24) is 15.0 Å². The van der Waals surface area contributed by atoms with Gasteiger partial charge < -0.3 is 5.73 Å². The summed E-state index contributed by atoms with van der Waals surface area (Å²) >= 11 is 3.31. The number of benzene rings is 2. The van der Waals surface area contributed by atoms with E-state index >= 15 is 0 Å². The van der Waals surface area contributed by atoms with Crippen molar-refractivity contribution >= 4 is 38.6 Å². The van der Waals surface area contributed by atoms with Crippen molar-refractivity contribution in [3.63, 3.8) is 0 Å². The molecule has 0 aliphatic rings. The molecule has 94 valence electrons. The van der Waals surface area contributed by atoms with Crippen molar-refractivity contribution in [1.29, 1.82) is 0 Å². The second-order valence-electron chi connectivity index (χ2n) is 4.03. The molecule has 6 heteroatoms. The minimum Gasteiger partial charge on any atom is -0.398 e. The predicted octanol–water partition coefficient (Wildman–Crippen LogP) is 2.46. The second-order valence-corrected chi connectivity index (χ2v) is 4.94. The van der Waals surface area contributed by atoms with E-state index in [9.17, 15) is 4.79 Å². The minimum atomic E-state index is -0.293. The molecule has 1 aromatic heterocycles. The average Bonchev–Trinajstić information content (AvgIpc) is 2.82. The number of hydrogen-bond donors (Lipinski definition) is 1. The summed E-state index contributed by atoms with van der Waals surface area (Å²) in [6.07, 6.45) is 0. The number of para-hydroxylation sites is 1. The number of nitrogen functional groups attached to an aromatic ring is 1. The summed E-state index contributed by atoms with van der Waals surface area (Å²) in [4.78, 5) is 12.4. The Morgan fingerprint density at radius 1 is 1.21 bits per heavy atom. The van der Waals surface area contributed by atoms with Gasteiger partial charge in [-0.2, -0.15) is 4.68 Å². The van der Waals surface area contributed by atoms with Crippen molar-refractivity contribution in [2.24, 2.45) is 0 Å². The van der Waals surface area contributed by atoms with Crippen LogP contribution in [0.5, 0.6) is 0 Å². The molecular weight excluding hydrogens is 308 g/mol. The van der Waals surface area contributed by atoms with E-state index in [2.05, 4.69) is 26.2 Å². The molecule has 5 nitrogen and oxygen atoms in total. The number of aromatic nitrogens is 3. The Morgan fingerprint density at radius 3 is 2.79 bits per heavy atom. The Bertz CT molecular complexity index is 781. The molecule has 0 bridgehead atoms. The van der Waals surface area contributed by atoms with E-state index in [0.717, 1.165) is 4.47 Å². The summed E-state index contributed by atoms with van der Waals surface area (Å²) in [5.41, 5.74) is 8.00. The number of halogens is 1. The van der Waals surface area contributed by atoms with Gasteiger partial charge in [-0.25, -0.2) is 0 Å². The van der Waals surface area contributed by atoms with Crippen LogP contribution in [0.15, 0.2) is 46.9 Å². The van der Waals surface area contributed by atoms with Crippen LogP contribution in [0.25, 0.3) is 11.0 Å². The summed E-state index contributed by atoms with van der Waals surface area (Å²) in [7, 11) is 0. The number of nitrogens with zero attached hydrogens (tertiary/aromatic N) is 3. The average molecular weight is 317 g/mol. The first kappa shape index (κ1) is 11.9. The standard InChI is InChI=1S/C13H9BrN4O/c14-8-5-6-9(10(15)7-8)13(19)18-12-4-2-1-3-11(12)16-17-18/h1-7H,15H2. The molecular formula is C13H9BrN4O. The molecule has 19 heavy (non-hydrogen) atoms. The maximum Gasteiger partial charge on any atom is 0.282 e. The number of fused-ring (bicyclic) bond motifs is 1. The molecule has 0 spiro atoms. The fourth-order valence-electron chi connectivity index (χ4n) is 1.86. The quantitative estimate of drug-likeness (QED) is 0.700. The molecule has 2 aromatic carbocycles. The molecule has 0 saturated heterocycles. The highest BCUT2D eigenvalue weighted by molar-refractivity contribution is 9.10. The lowest BCUT2D eigenvalue weighted by Gasteiger charge is -2.05. The Hall–Kier alpha value is -2.21. The zero-order valence-electron chi connectivity index (χ0n) is 9.75. The molecule has 0 unspecified atom stereocenters. The first-order chi connectivity index (χ1) is 9.16. The molecule has 0 aliphatic carbocycles. The van der Waals surface area contributed by atoms with E-state index in [4.69, 9.17) is 5.73 Å². The second kappa shape index (κ2) is 4.47. The van der Waals surface area contributed by atoms with E-state index in [-0.39, 0.29) is 5.91 Å². The first-order valence-electron chi connectivity index (χ1n) is 5.57. The third kappa shape index (κ3) is 2.00. The molecule has 0 radical (unpaired) electrons. The molecule has 0 aliphatic heterocycles. The van der Waals surface area contributed by atoms with Crippen LogP contribution in [0.1, 0.15) is 10.4 Å². The number of hydrogen-bond acceptors (Lipinski definition) is 4. The monoisotopic (exact) mass is 316 g/mol. The van der Waals surface area contributed by atoms with Gasteiger partial charge in [-0.1, -0.05) is 33.3 Å². The van der Waals surface area contributed by atoms with Crippen molar-refractivity contribution < 1.29 is 4.79 Å². The Balaban J connectivity index is 2.13. The number of carbonyl (C=O) groups is 1. The van der Waals surface area contributed by atoms with Crippen LogP contribution in [-0.2, 0) is 0 Å². The van der Waals surface area contributed by atoms with Crippen molar-refractivity contribution in [2.75, 3.05) is 5.73 Å². The van der Waals surface area contributed by atoms with Gasteiger partial charge in [-0.05, 0) is 30.3 Å². The van der Waals surface area contributed by atoms with Gasteiger partial charge in [-0.15, -0.1) is 5.10 Å². The highest BCUT2D eigenvalue weighted by atomic mass is 79.9. The van der Waals surface area contributed by atoms with E-state index in [1.54, 1.807) is 30.3 Å². The maximum atomic E-state index is 12.4. The first-order valence-corrected chi connectivity index (χ1v) is 6.36. The highest BCUT2D eigenvalue weighted by Crippen LogP contribution is 2.20. The normalized spacial score (nSPS) is 10.8. The fourth-order valence-corrected chi connectivity index (χ4v) is 2.24. The van der Waals surface area contributed by atoms with Gasteiger partial charge >= 0.3 is 0 Å². The zero-order valence-corrected chi connectivity index (χ0v) is 11.3. The van der Waals surface area contributed by atoms with Crippen LogP contribution in [0.4, 0.5) is 5.69 Å². The Labute approximate surface area is 117 Å². The zero-order chi connectivity index (χ0) is 13.4. The molecule has 0 saturated carbocycles. The predicted molar refractivity (Wildman–Crippen MR) is 75.8 cm³/mol. The van der Waals surface area contributed by atoms with Crippen LogP contribution in [0.3, 0.4) is 0 Å². The third-order valence-electron chi connectivity index (χ3n) is 2.79. The van der Waals surface area contributed by atoms with E-state index in [1.165, 1.54) is 4.68 Å². The van der Waals surface area contributed by atoms with E-state index in [0.29, 0.717) is 22.3 Å². The topological polar surface area (TPSA) is 73.8 Å². The van der Waals surface area contributed by atoms with Crippen molar-refractivity contribution in [3.8, 4) is 0 Å². The van der Waals surface area contributed by atoms with Gasteiger partial charge in [0, 0.05) is 10.2 Å². The van der Waals surface area contributed by atoms with E-state index < -0.39 is 0 Å². The Kier molecular flexibility index (Phi) is 2.79. The molecule has 3 rings (SSSR count). The van der Waals surface area contributed by atoms with Gasteiger partial charge in [0.15, 0.2) is 0 Å². The third-order valence-corrected chi connectivity index (χ3v) is 3.28. The smallest absolute Gasteiger partial charge is 0.282 e. The minimum absolute atomic E-state index is 0.293. The number of anilines is 1.